The van der Waals surface area contributed by atoms with Crippen molar-refractivity contribution in [2.24, 2.45) is 0 Å². The van der Waals surface area contributed by atoms with Crippen LogP contribution in [0.2, 0.25) is 5.02 Å². The van der Waals surface area contributed by atoms with Crippen LogP contribution in [0.15, 0.2) is 60.3 Å². The Balaban J connectivity index is 1.82. The first-order chi connectivity index (χ1) is 13.5. The lowest BCUT2D eigenvalue weighted by atomic mass is 10.1. The average molecular weight is 394 g/mol. The number of halogens is 1. The second kappa shape index (κ2) is 6.98. The Kier molecular flexibility index (Phi) is 4.49. The predicted octanol–water partition coefficient (Wildman–Crippen LogP) is 3.98. The first kappa shape index (κ1) is 18.0. The topological polar surface area (TPSA) is 71.4 Å². The van der Waals surface area contributed by atoms with Crippen molar-refractivity contribution in [2.75, 3.05) is 4.90 Å². The number of hydrogen-bond donors (Lipinski definition) is 1. The van der Waals surface area contributed by atoms with Gasteiger partial charge in [-0.25, -0.2) is 9.69 Å². The normalized spacial score (nSPS) is 16.1. The molecular weight excluding hydrogens is 378 g/mol. The van der Waals surface area contributed by atoms with Crippen LogP contribution in [0.25, 0.3) is 17.0 Å². The molecule has 1 aliphatic rings. The molecule has 0 aliphatic carbocycles. The van der Waals surface area contributed by atoms with Gasteiger partial charge in [0, 0.05) is 34.2 Å². The number of amides is 4. The van der Waals surface area contributed by atoms with Gasteiger partial charge in [-0.2, -0.15) is 0 Å². The Morgan fingerprint density at radius 1 is 1.07 bits per heavy atom. The highest BCUT2D eigenvalue weighted by Crippen LogP contribution is 2.27. The number of nitrogens with zero attached hydrogens (tertiary/aromatic N) is 2. The van der Waals surface area contributed by atoms with E-state index in [1.165, 1.54) is 12.1 Å². The van der Waals surface area contributed by atoms with E-state index in [-0.39, 0.29) is 5.57 Å². The number of anilines is 1. The smallest absolute Gasteiger partial charge is 0.335 e. The number of fused-ring (bicyclic) bond motifs is 1. The summed E-state index contributed by atoms with van der Waals surface area (Å²) in [5, 5.41) is 3.53. The predicted molar refractivity (Wildman–Crippen MR) is 108 cm³/mol. The number of para-hydroxylation sites is 1. The van der Waals surface area contributed by atoms with E-state index in [9.17, 15) is 14.4 Å². The van der Waals surface area contributed by atoms with Gasteiger partial charge in [0.2, 0.25) is 0 Å². The first-order valence-electron chi connectivity index (χ1n) is 8.74. The number of benzene rings is 2. The standard InChI is InChI=1S/C21H16ClN3O3/c1-2-24-12-13(16-8-3-4-9-18(16)24)10-17-19(26)23-21(28)25(20(17)27)15-7-5-6-14(22)11-15/h3-12H,2H2,1H3,(H,23,26,28)/b17-10+. The molecule has 2 heterocycles. The van der Waals surface area contributed by atoms with Crippen LogP contribution in [-0.2, 0) is 16.1 Å². The molecule has 140 valence electrons. The summed E-state index contributed by atoms with van der Waals surface area (Å²) in [7, 11) is 0. The molecule has 1 aliphatic heterocycles. The third-order valence-electron chi connectivity index (χ3n) is 4.63. The molecule has 4 amide bonds. The van der Waals surface area contributed by atoms with E-state index < -0.39 is 17.8 Å². The molecule has 6 nitrogen and oxygen atoms in total. The molecule has 0 atom stereocenters. The zero-order valence-corrected chi connectivity index (χ0v) is 15.7. The van der Waals surface area contributed by atoms with Crippen molar-refractivity contribution in [3.63, 3.8) is 0 Å². The fraction of sp³-hybridized carbons (Fsp3) is 0.0952. The van der Waals surface area contributed by atoms with Gasteiger partial charge in [-0.1, -0.05) is 35.9 Å². The van der Waals surface area contributed by atoms with Crippen molar-refractivity contribution in [2.45, 2.75) is 13.5 Å². The molecule has 0 spiro atoms. The van der Waals surface area contributed by atoms with Crippen molar-refractivity contribution < 1.29 is 14.4 Å². The van der Waals surface area contributed by atoms with Crippen molar-refractivity contribution in [1.82, 2.24) is 9.88 Å². The van der Waals surface area contributed by atoms with Crippen molar-refractivity contribution >= 4 is 52.1 Å². The van der Waals surface area contributed by atoms with Crippen molar-refractivity contribution in [3.8, 4) is 0 Å². The number of rotatable bonds is 3. The number of aromatic nitrogens is 1. The average Bonchev–Trinajstić information content (AvgIpc) is 3.03. The summed E-state index contributed by atoms with van der Waals surface area (Å²) in [6.45, 7) is 2.76. The maximum absolute atomic E-state index is 13.0. The molecule has 4 rings (SSSR count). The molecule has 1 fully saturated rings. The zero-order valence-electron chi connectivity index (χ0n) is 15.0. The second-order valence-corrected chi connectivity index (χ2v) is 6.76. The minimum absolute atomic E-state index is 0.112. The van der Waals surface area contributed by atoms with Crippen LogP contribution in [0.1, 0.15) is 12.5 Å². The third kappa shape index (κ3) is 2.97. The van der Waals surface area contributed by atoms with E-state index >= 15 is 0 Å². The number of urea groups is 1. The molecule has 7 heteroatoms. The van der Waals surface area contributed by atoms with Crippen LogP contribution in [0.4, 0.5) is 10.5 Å². The lowest BCUT2D eigenvalue weighted by molar-refractivity contribution is -0.122. The molecule has 28 heavy (non-hydrogen) atoms. The molecule has 1 N–H and O–H groups in total. The van der Waals surface area contributed by atoms with E-state index in [0.29, 0.717) is 10.7 Å². The van der Waals surface area contributed by atoms with Crippen molar-refractivity contribution in [1.29, 1.82) is 0 Å². The van der Waals surface area contributed by atoms with E-state index in [1.807, 2.05) is 42.0 Å². The second-order valence-electron chi connectivity index (χ2n) is 6.33. The highest BCUT2D eigenvalue weighted by atomic mass is 35.5. The van der Waals surface area contributed by atoms with E-state index in [0.717, 1.165) is 27.9 Å². The summed E-state index contributed by atoms with van der Waals surface area (Å²) in [5.74, 6) is -1.41. The van der Waals surface area contributed by atoms with Crippen LogP contribution in [-0.4, -0.2) is 22.4 Å². The first-order valence-corrected chi connectivity index (χ1v) is 9.12. The summed E-state index contributed by atoms with van der Waals surface area (Å²) in [4.78, 5) is 38.6. The molecule has 0 radical (unpaired) electrons. The summed E-state index contributed by atoms with van der Waals surface area (Å²) in [6.07, 6.45) is 3.41. The number of imide groups is 2. The molecular formula is C21H16ClN3O3. The molecule has 3 aromatic rings. The monoisotopic (exact) mass is 393 g/mol. The van der Waals surface area contributed by atoms with Crippen LogP contribution < -0.4 is 10.2 Å². The van der Waals surface area contributed by atoms with Gasteiger partial charge in [-0.15, -0.1) is 0 Å². The Labute approximate surface area is 166 Å². The molecule has 1 aromatic heterocycles. The number of hydrogen-bond acceptors (Lipinski definition) is 3. The van der Waals surface area contributed by atoms with Gasteiger partial charge in [0.25, 0.3) is 11.8 Å². The van der Waals surface area contributed by atoms with Crippen LogP contribution in [0, 0.1) is 0 Å². The lowest BCUT2D eigenvalue weighted by Crippen LogP contribution is -2.54. The largest absolute Gasteiger partial charge is 0.347 e. The minimum Gasteiger partial charge on any atom is -0.347 e. The highest BCUT2D eigenvalue weighted by molar-refractivity contribution is 6.39. The van der Waals surface area contributed by atoms with Gasteiger partial charge >= 0.3 is 6.03 Å². The molecule has 0 bridgehead atoms. The van der Waals surface area contributed by atoms with Gasteiger partial charge in [-0.3, -0.25) is 14.9 Å². The van der Waals surface area contributed by atoms with Crippen molar-refractivity contribution in [3.05, 3.63) is 70.9 Å². The SMILES string of the molecule is CCn1cc(/C=C2\C(=O)NC(=O)N(c3cccc(Cl)c3)C2=O)c2ccccc21. The third-order valence-corrected chi connectivity index (χ3v) is 4.86. The molecule has 1 saturated heterocycles. The number of nitrogens with one attached hydrogen (secondary N) is 1. The summed E-state index contributed by atoms with van der Waals surface area (Å²) >= 11 is 5.98. The maximum atomic E-state index is 13.0. The number of carbonyl (C=O) groups is 3. The van der Waals surface area contributed by atoms with E-state index in [4.69, 9.17) is 11.6 Å². The van der Waals surface area contributed by atoms with Crippen LogP contribution in [0.5, 0.6) is 0 Å². The Hall–Kier alpha value is -3.38. The number of aryl methyl sites for hydroxylation is 1. The summed E-state index contributed by atoms with van der Waals surface area (Å²) in [6, 6.07) is 13.3. The van der Waals surface area contributed by atoms with Gasteiger partial charge in [0.1, 0.15) is 5.57 Å². The quantitative estimate of drug-likeness (QED) is 0.540. The Bertz CT molecular complexity index is 1160. The summed E-state index contributed by atoms with van der Waals surface area (Å²) in [5.41, 5.74) is 1.92. The fourth-order valence-corrected chi connectivity index (χ4v) is 3.50. The number of barbiturate groups is 1. The van der Waals surface area contributed by atoms with Gasteiger partial charge in [0.05, 0.1) is 5.69 Å². The lowest BCUT2D eigenvalue weighted by Gasteiger charge is -2.26. The molecule has 0 unspecified atom stereocenters. The van der Waals surface area contributed by atoms with Gasteiger partial charge < -0.3 is 4.57 Å². The number of carbonyl (C=O) groups excluding carboxylic acids is 3. The van der Waals surface area contributed by atoms with E-state index in [1.54, 1.807) is 18.2 Å². The molecule has 0 saturated carbocycles. The Morgan fingerprint density at radius 3 is 2.61 bits per heavy atom. The maximum Gasteiger partial charge on any atom is 0.335 e. The highest BCUT2D eigenvalue weighted by Gasteiger charge is 2.37. The van der Waals surface area contributed by atoms with Gasteiger partial charge in [-0.05, 0) is 37.3 Å². The van der Waals surface area contributed by atoms with Crippen LogP contribution >= 0.6 is 11.6 Å². The zero-order chi connectivity index (χ0) is 19.8. The summed E-state index contributed by atoms with van der Waals surface area (Å²) < 4.78 is 2.03. The molecule has 2 aromatic carbocycles. The van der Waals surface area contributed by atoms with Gasteiger partial charge in [0.15, 0.2) is 0 Å². The van der Waals surface area contributed by atoms with Crippen LogP contribution in [0.3, 0.4) is 0 Å². The fourth-order valence-electron chi connectivity index (χ4n) is 3.31. The van der Waals surface area contributed by atoms with E-state index in [2.05, 4.69) is 5.32 Å². The Morgan fingerprint density at radius 2 is 1.86 bits per heavy atom. The minimum atomic E-state index is -0.801.